The van der Waals surface area contributed by atoms with Gasteiger partial charge in [-0.2, -0.15) is 0 Å². The van der Waals surface area contributed by atoms with Gasteiger partial charge in [-0.15, -0.1) is 11.3 Å². The van der Waals surface area contributed by atoms with E-state index in [1.54, 1.807) is 5.38 Å². The Morgan fingerprint density at radius 3 is 2.80 bits per heavy atom. The summed E-state index contributed by atoms with van der Waals surface area (Å²) in [4.78, 5) is 14.3. The second-order valence-electron chi connectivity index (χ2n) is 3.22. The highest BCUT2D eigenvalue weighted by atomic mass is 32.2. The van der Waals surface area contributed by atoms with Crippen molar-refractivity contribution >= 4 is 27.1 Å². The van der Waals surface area contributed by atoms with Crippen molar-refractivity contribution in [3.05, 3.63) is 16.6 Å². The number of aliphatic carboxylic acids is 1. The minimum atomic E-state index is -3.38. The van der Waals surface area contributed by atoms with E-state index in [1.807, 2.05) is 0 Å². The zero-order chi connectivity index (χ0) is 11.5. The normalized spacial score (nSPS) is 13.7. The Hall–Kier alpha value is -0.950. The van der Waals surface area contributed by atoms with E-state index in [0.29, 0.717) is 5.01 Å². The lowest BCUT2D eigenvalue weighted by molar-refractivity contribution is -0.140. The highest BCUT2D eigenvalue weighted by Gasteiger charge is 2.22. The average molecular weight is 249 g/mol. The molecule has 0 aliphatic rings. The molecule has 0 saturated carbocycles. The largest absolute Gasteiger partial charge is 0.481 e. The Morgan fingerprint density at radius 2 is 2.33 bits per heavy atom. The lowest BCUT2D eigenvalue weighted by Crippen LogP contribution is -2.22. The zero-order valence-electron chi connectivity index (χ0n) is 8.08. The van der Waals surface area contributed by atoms with Crippen LogP contribution in [0.15, 0.2) is 11.6 Å². The van der Waals surface area contributed by atoms with Crippen LogP contribution in [-0.2, 0) is 20.4 Å². The van der Waals surface area contributed by atoms with Gasteiger partial charge in [-0.3, -0.25) is 4.79 Å². The van der Waals surface area contributed by atoms with Crippen LogP contribution < -0.4 is 0 Å². The Bertz CT molecular complexity index is 424. The van der Waals surface area contributed by atoms with E-state index >= 15 is 0 Å². The van der Waals surface area contributed by atoms with Gasteiger partial charge >= 0.3 is 5.97 Å². The van der Waals surface area contributed by atoms with Crippen molar-refractivity contribution in [3.63, 3.8) is 0 Å². The molecule has 1 aromatic rings. The molecular formula is C8H11NO4S2. The highest BCUT2D eigenvalue weighted by Crippen LogP contribution is 2.12. The van der Waals surface area contributed by atoms with E-state index in [-0.39, 0.29) is 11.5 Å². The fraction of sp³-hybridized carbons (Fsp3) is 0.500. The maximum absolute atomic E-state index is 11.5. The molecule has 5 nitrogen and oxygen atoms in total. The van der Waals surface area contributed by atoms with Gasteiger partial charge in [0.1, 0.15) is 10.8 Å². The predicted octanol–water partition coefficient (Wildman–Crippen LogP) is 0.779. The standard InChI is InChI=1S/C8H11NO4S2/c1-6(8(10)11)4-15(12,13)5-7-9-2-3-14-7/h2-3,6H,4-5H2,1H3,(H,10,11). The highest BCUT2D eigenvalue weighted by molar-refractivity contribution is 7.90. The van der Waals surface area contributed by atoms with Crippen molar-refractivity contribution < 1.29 is 18.3 Å². The van der Waals surface area contributed by atoms with Crippen LogP contribution in [0.1, 0.15) is 11.9 Å². The van der Waals surface area contributed by atoms with Gasteiger partial charge in [0, 0.05) is 11.6 Å². The summed E-state index contributed by atoms with van der Waals surface area (Å²) in [7, 11) is -3.38. The minimum absolute atomic E-state index is 0.178. The Morgan fingerprint density at radius 1 is 1.67 bits per heavy atom. The fourth-order valence-corrected chi connectivity index (χ4v) is 3.71. The summed E-state index contributed by atoms with van der Waals surface area (Å²) in [6, 6.07) is 0. The zero-order valence-corrected chi connectivity index (χ0v) is 9.71. The van der Waals surface area contributed by atoms with E-state index in [4.69, 9.17) is 5.11 Å². The Balaban J connectivity index is 2.64. The van der Waals surface area contributed by atoms with E-state index in [9.17, 15) is 13.2 Å². The number of thiazole rings is 1. The number of aromatic nitrogens is 1. The van der Waals surface area contributed by atoms with Gasteiger partial charge in [0.05, 0.1) is 11.7 Å². The Labute approximate surface area is 91.7 Å². The minimum Gasteiger partial charge on any atom is -0.481 e. The first kappa shape index (κ1) is 12.1. The molecule has 1 unspecified atom stereocenters. The lowest BCUT2D eigenvalue weighted by atomic mass is 10.2. The molecule has 1 rings (SSSR count). The lowest BCUT2D eigenvalue weighted by Gasteiger charge is -2.05. The molecule has 0 aromatic carbocycles. The summed E-state index contributed by atoms with van der Waals surface area (Å²) >= 11 is 1.25. The van der Waals surface area contributed by atoms with Crippen molar-refractivity contribution in [1.82, 2.24) is 4.98 Å². The summed E-state index contributed by atoms with van der Waals surface area (Å²) in [6.45, 7) is 1.38. The number of carboxylic acids is 1. The molecule has 0 saturated heterocycles. The van der Waals surface area contributed by atoms with Crippen molar-refractivity contribution in [2.75, 3.05) is 5.75 Å². The predicted molar refractivity (Wildman–Crippen MR) is 56.4 cm³/mol. The third-order valence-corrected chi connectivity index (χ3v) is 4.44. The van der Waals surface area contributed by atoms with Crippen LogP contribution in [0.25, 0.3) is 0 Å². The monoisotopic (exact) mass is 249 g/mol. The summed E-state index contributed by atoms with van der Waals surface area (Å²) in [5, 5.41) is 10.8. The topological polar surface area (TPSA) is 84.3 Å². The third kappa shape index (κ3) is 3.96. The molecule has 0 aliphatic carbocycles. The van der Waals surface area contributed by atoms with Gasteiger partial charge in [-0.25, -0.2) is 13.4 Å². The molecule has 84 valence electrons. The van der Waals surface area contributed by atoms with Crippen LogP contribution in [0, 0.1) is 5.92 Å². The molecule has 0 amide bonds. The van der Waals surface area contributed by atoms with Crippen LogP contribution in [0.5, 0.6) is 0 Å². The molecule has 0 aliphatic heterocycles. The van der Waals surface area contributed by atoms with E-state index in [0.717, 1.165) is 0 Å². The van der Waals surface area contributed by atoms with E-state index < -0.39 is 21.7 Å². The van der Waals surface area contributed by atoms with Crippen LogP contribution in [0.3, 0.4) is 0 Å². The maximum Gasteiger partial charge on any atom is 0.307 e. The van der Waals surface area contributed by atoms with Crippen molar-refractivity contribution in [2.24, 2.45) is 5.92 Å². The summed E-state index contributed by atoms with van der Waals surface area (Å²) in [5.41, 5.74) is 0. The molecule has 15 heavy (non-hydrogen) atoms. The molecule has 1 aromatic heterocycles. The molecular weight excluding hydrogens is 238 g/mol. The molecule has 0 fully saturated rings. The van der Waals surface area contributed by atoms with Gasteiger partial charge in [0.25, 0.3) is 0 Å². The number of carboxylic acid groups (broad SMARTS) is 1. The third-order valence-electron chi connectivity index (χ3n) is 1.75. The number of rotatable bonds is 5. The SMILES string of the molecule is CC(CS(=O)(=O)Cc1nccs1)C(=O)O. The van der Waals surface area contributed by atoms with Crippen molar-refractivity contribution in [1.29, 1.82) is 0 Å². The van der Waals surface area contributed by atoms with Gasteiger partial charge in [-0.1, -0.05) is 6.92 Å². The van der Waals surface area contributed by atoms with Crippen LogP contribution >= 0.6 is 11.3 Å². The first-order chi connectivity index (χ1) is 6.91. The van der Waals surface area contributed by atoms with Gasteiger partial charge in [0.2, 0.25) is 0 Å². The second-order valence-corrected chi connectivity index (χ2v) is 6.31. The van der Waals surface area contributed by atoms with Gasteiger partial charge < -0.3 is 5.11 Å². The first-order valence-corrected chi connectivity index (χ1v) is 6.92. The first-order valence-electron chi connectivity index (χ1n) is 4.22. The van der Waals surface area contributed by atoms with Crippen LogP contribution in [0.4, 0.5) is 0 Å². The van der Waals surface area contributed by atoms with Gasteiger partial charge in [0.15, 0.2) is 9.84 Å². The summed E-state index contributed by atoms with van der Waals surface area (Å²) in [6.07, 6.45) is 1.52. The van der Waals surface area contributed by atoms with E-state index in [1.165, 1.54) is 24.5 Å². The maximum atomic E-state index is 11.5. The second kappa shape index (κ2) is 4.71. The van der Waals surface area contributed by atoms with Gasteiger partial charge in [-0.05, 0) is 0 Å². The molecule has 7 heteroatoms. The number of hydrogen-bond acceptors (Lipinski definition) is 5. The smallest absolute Gasteiger partial charge is 0.307 e. The number of hydrogen-bond donors (Lipinski definition) is 1. The van der Waals surface area contributed by atoms with E-state index in [2.05, 4.69) is 4.98 Å². The average Bonchev–Trinajstić information content (AvgIpc) is 2.54. The Kier molecular flexibility index (Phi) is 3.81. The summed E-state index contributed by atoms with van der Waals surface area (Å²) in [5.74, 6) is -2.50. The fourth-order valence-electron chi connectivity index (χ4n) is 1.02. The number of carbonyl (C=O) groups is 1. The molecule has 0 bridgehead atoms. The van der Waals surface area contributed by atoms with Crippen LogP contribution in [0.2, 0.25) is 0 Å². The number of nitrogens with zero attached hydrogens (tertiary/aromatic N) is 1. The van der Waals surface area contributed by atoms with Crippen LogP contribution in [-0.4, -0.2) is 30.2 Å². The van der Waals surface area contributed by atoms with Crippen molar-refractivity contribution in [3.8, 4) is 0 Å². The molecule has 1 heterocycles. The molecule has 0 radical (unpaired) electrons. The quantitative estimate of drug-likeness (QED) is 0.833. The molecule has 1 N–H and O–H groups in total. The molecule has 0 spiro atoms. The van der Waals surface area contributed by atoms with Crippen molar-refractivity contribution in [2.45, 2.75) is 12.7 Å². The summed E-state index contributed by atoms with van der Waals surface area (Å²) < 4.78 is 23.0. The number of sulfone groups is 1. The molecule has 1 atom stereocenters.